The van der Waals surface area contributed by atoms with Gasteiger partial charge in [-0.3, -0.25) is 14.2 Å². The normalized spacial score (nSPS) is 15.2. The first kappa shape index (κ1) is 17.3. The number of carbonyl (C=O) groups is 1. The number of aliphatic carboxylic acids is 1. The maximum absolute atomic E-state index is 13.2. The average Bonchev–Trinajstić information content (AvgIpc) is 2.71. The van der Waals surface area contributed by atoms with Crippen molar-refractivity contribution in [3.05, 3.63) is 70.5 Å². The molecule has 0 aliphatic carbocycles. The van der Waals surface area contributed by atoms with Gasteiger partial charge in [0, 0.05) is 13.1 Å². The number of piperidine rings is 1. The van der Waals surface area contributed by atoms with Crippen molar-refractivity contribution < 1.29 is 9.90 Å². The van der Waals surface area contributed by atoms with Gasteiger partial charge in [0.1, 0.15) is 0 Å². The van der Waals surface area contributed by atoms with Crippen LogP contribution < -0.4 is 10.5 Å². The fourth-order valence-corrected chi connectivity index (χ4v) is 3.65. The number of aromatic nitrogens is 2. The van der Waals surface area contributed by atoms with Crippen LogP contribution in [0.25, 0.3) is 11.0 Å². The molecule has 2 aromatic carbocycles. The number of fused-ring (bicyclic) bond motifs is 1. The molecule has 3 aromatic rings. The van der Waals surface area contributed by atoms with Crippen LogP contribution in [0.15, 0.2) is 59.4 Å². The zero-order valence-corrected chi connectivity index (χ0v) is 14.9. The van der Waals surface area contributed by atoms with E-state index in [0.717, 1.165) is 16.6 Å². The number of hydrogen-bond acceptors (Lipinski definition) is 4. The minimum absolute atomic E-state index is 0.133. The van der Waals surface area contributed by atoms with Gasteiger partial charge in [-0.25, -0.2) is 4.98 Å². The Morgan fingerprint density at radius 2 is 1.70 bits per heavy atom. The molecule has 1 aliphatic heterocycles. The van der Waals surface area contributed by atoms with Gasteiger partial charge in [0.05, 0.1) is 23.5 Å². The summed E-state index contributed by atoms with van der Waals surface area (Å²) in [5.41, 5.74) is 2.48. The summed E-state index contributed by atoms with van der Waals surface area (Å²) in [6.45, 7) is 1.53. The molecule has 1 aliphatic rings. The summed E-state index contributed by atoms with van der Waals surface area (Å²) in [5, 5.41) is 9.20. The molecule has 6 heteroatoms. The highest BCUT2D eigenvalue weighted by Crippen LogP contribution is 2.22. The Kier molecular flexibility index (Phi) is 4.62. The van der Waals surface area contributed by atoms with Crippen LogP contribution in [0.3, 0.4) is 0 Å². The van der Waals surface area contributed by atoms with E-state index in [1.54, 1.807) is 4.57 Å². The number of hydrogen-bond donors (Lipinski definition) is 1. The van der Waals surface area contributed by atoms with E-state index in [4.69, 9.17) is 0 Å². The van der Waals surface area contributed by atoms with Gasteiger partial charge >= 0.3 is 5.97 Å². The predicted octanol–water partition coefficient (Wildman–Crippen LogP) is 2.75. The molecule has 0 unspecified atom stereocenters. The molecule has 6 nitrogen and oxygen atoms in total. The molecule has 138 valence electrons. The molecule has 0 spiro atoms. The standard InChI is InChI=1S/C21H21N3O3/c25-20-19(23-12-10-16(11-13-23)21(26)27)22-17-8-4-5-9-18(17)24(20)14-15-6-2-1-3-7-15/h1-9,16H,10-14H2,(H,26,27). The van der Waals surface area contributed by atoms with Gasteiger partial charge in [-0.05, 0) is 30.5 Å². The fourth-order valence-electron chi connectivity index (χ4n) is 3.65. The van der Waals surface area contributed by atoms with Crippen LogP contribution in [0.4, 0.5) is 5.82 Å². The first-order valence-electron chi connectivity index (χ1n) is 9.15. The number of rotatable bonds is 4. The Hall–Kier alpha value is -3.15. The second-order valence-electron chi connectivity index (χ2n) is 6.90. The lowest BCUT2D eigenvalue weighted by molar-refractivity contribution is -0.142. The fraction of sp³-hybridized carbons (Fsp3) is 0.286. The van der Waals surface area contributed by atoms with Crippen molar-refractivity contribution in [1.82, 2.24) is 9.55 Å². The topological polar surface area (TPSA) is 75.4 Å². The van der Waals surface area contributed by atoms with Crippen LogP contribution in [0.5, 0.6) is 0 Å². The number of para-hydroxylation sites is 2. The highest BCUT2D eigenvalue weighted by Gasteiger charge is 2.27. The van der Waals surface area contributed by atoms with Gasteiger partial charge in [-0.15, -0.1) is 0 Å². The van der Waals surface area contributed by atoms with Crippen molar-refractivity contribution in [2.75, 3.05) is 18.0 Å². The Morgan fingerprint density at radius 3 is 2.41 bits per heavy atom. The maximum Gasteiger partial charge on any atom is 0.306 e. The quantitative estimate of drug-likeness (QED) is 0.771. The molecule has 0 atom stereocenters. The number of carboxylic acids is 1. The van der Waals surface area contributed by atoms with Crippen molar-refractivity contribution >= 4 is 22.8 Å². The predicted molar refractivity (Wildman–Crippen MR) is 104 cm³/mol. The number of nitrogens with zero attached hydrogens (tertiary/aromatic N) is 3. The summed E-state index contributed by atoms with van der Waals surface area (Å²) in [6.07, 6.45) is 1.06. The van der Waals surface area contributed by atoms with Crippen LogP contribution in [0, 0.1) is 5.92 Å². The molecule has 27 heavy (non-hydrogen) atoms. The molecule has 2 heterocycles. The summed E-state index contributed by atoms with van der Waals surface area (Å²) < 4.78 is 1.76. The van der Waals surface area contributed by atoms with E-state index in [2.05, 4.69) is 4.98 Å². The summed E-state index contributed by atoms with van der Waals surface area (Å²) in [6, 6.07) is 17.5. The summed E-state index contributed by atoms with van der Waals surface area (Å²) in [4.78, 5) is 31.0. The van der Waals surface area contributed by atoms with E-state index in [0.29, 0.717) is 38.3 Å². The zero-order chi connectivity index (χ0) is 18.8. The molecule has 0 saturated carbocycles. The molecular weight excluding hydrogens is 342 g/mol. The Balaban J connectivity index is 1.75. The minimum atomic E-state index is -0.761. The summed E-state index contributed by atoms with van der Waals surface area (Å²) >= 11 is 0. The lowest BCUT2D eigenvalue weighted by Crippen LogP contribution is -2.41. The van der Waals surface area contributed by atoms with Crippen LogP contribution in [-0.2, 0) is 11.3 Å². The molecule has 1 aromatic heterocycles. The first-order chi connectivity index (χ1) is 13.1. The van der Waals surface area contributed by atoms with Crippen molar-refractivity contribution in [2.24, 2.45) is 5.92 Å². The molecule has 1 N–H and O–H groups in total. The third-order valence-electron chi connectivity index (χ3n) is 5.16. The highest BCUT2D eigenvalue weighted by atomic mass is 16.4. The van der Waals surface area contributed by atoms with E-state index >= 15 is 0 Å². The van der Waals surface area contributed by atoms with E-state index in [9.17, 15) is 14.7 Å². The number of anilines is 1. The van der Waals surface area contributed by atoms with Crippen molar-refractivity contribution in [3.8, 4) is 0 Å². The van der Waals surface area contributed by atoms with E-state index in [1.807, 2.05) is 59.5 Å². The van der Waals surface area contributed by atoms with Crippen molar-refractivity contribution in [1.29, 1.82) is 0 Å². The SMILES string of the molecule is O=C(O)C1CCN(c2nc3ccccc3n(Cc3ccccc3)c2=O)CC1. The van der Waals surface area contributed by atoms with Crippen molar-refractivity contribution in [3.63, 3.8) is 0 Å². The third-order valence-corrected chi connectivity index (χ3v) is 5.16. The zero-order valence-electron chi connectivity index (χ0n) is 14.9. The minimum Gasteiger partial charge on any atom is -0.481 e. The summed E-state index contributed by atoms with van der Waals surface area (Å²) in [5.74, 6) is -0.690. The largest absolute Gasteiger partial charge is 0.481 e. The van der Waals surface area contributed by atoms with E-state index < -0.39 is 5.97 Å². The Morgan fingerprint density at radius 1 is 1.04 bits per heavy atom. The highest BCUT2D eigenvalue weighted by molar-refractivity contribution is 5.76. The van der Waals surface area contributed by atoms with Gasteiger partial charge in [-0.1, -0.05) is 42.5 Å². The smallest absolute Gasteiger partial charge is 0.306 e. The van der Waals surface area contributed by atoms with Crippen LogP contribution in [0.2, 0.25) is 0 Å². The molecule has 1 saturated heterocycles. The monoisotopic (exact) mass is 363 g/mol. The second kappa shape index (κ2) is 7.23. The number of benzene rings is 2. The maximum atomic E-state index is 13.2. The molecule has 0 bridgehead atoms. The molecular formula is C21H21N3O3. The van der Waals surface area contributed by atoms with Crippen LogP contribution in [-0.4, -0.2) is 33.7 Å². The van der Waals surface area contributed by atoms with Crippen LogP contribution >= 0.6 is 0 Å². The second-order valence-corrected chi connectivity index (χ2v) is 6.90. The van der Waals surface area contributed by atoms with Gasteiger partial charge in [0.15, 0.2) is 5.82 Å². The lowest BCUT2D eigenvalue weighted by atomic mass is 9.97. The Labute approximate surface area is 156 Å². The number of carboxylic acid groups (broad SMARTS) is 1. The van der Waals surface area contributed by atoms with Gasteiger partial charge in [-0.2, -0.15) is 0 Å². The molecule has 0 amide bonds. The van der Waals surface area contributed by atoms with E-state index in [1.165, 1.54) is 0 Å². The molecule has 1 fully saturated rings. The molecule has 0 radical (unpaired) electrons. The molecule has 4 rings (SSSR count). The van der Waals surface area contributed by atoms with Crippen molar-refractivity contribution in [2.45, 2.75) is 19.4 Å². The average molecular weight is 363 g/mol. The Bertz CT molecular complexity index is 1020. The van der Waals surface area contributed by atoms with Gasteiger partial charge in [0.25, 0.3) is 5.56 Å². The summed E-state index contributed by atoms with van der Waals surface area (Å²) in [7, 11) is 0. The first-order valence-corrected chi connectivity index (χ1v) is 9.15. The van der Waals surface area contributed by atoms with Gasteiger partial charge < -0.3 is 10.0 Å². The van der Waals surface area contributed by atoms with Gasteiger partial charge in [0.2, 0.25) is 0 Å². The van der Waals surface area contributed by atoms with Crippen LogP contribution in [0.1, 0.15) is 18.4 Å². The van der Waals surface area contributed by atoms with E-state index in [-0.39, 0.29) is 11.5 Å². The lowest BCUT2D eigenvalue weighted by Gasteiger charge is -2.31. The third kappa shape index (κ3) is 3.43.